The van der Waals surface area contributed by atoms with Gasteiger partial charge in [0, 0.05) is 16.1 Å². The number of benzene rings is 1. The highest BCUT2D eigenvalue weighted by atomic mass is 79.9. The van der Waals surface area contributed by atoms with Gasteiger partial charge in [0.05, 0.1) is 0 Å². The highest BCUT2D eigenvalue weighted by Crippen LogP contribution is 2.22. The Kier molecular flexibility index (Phi) is 5.96. The van der Waals surface area contributed by atoms with Crippen molar-refractivity contribution in [3.63, 3.8) is 0 Å². The number of nitrogens with one attached hydrogen (secondary N) is 1. The van der Waals surface area contributed by atoms with Crippen LogP contribution in [0.15, 0.2) is 22.7 Å². The third kappa shape index (κ3) is 4.55. The minimum Gasteiger partial charge on any atom is -0.312 e. The second-order valence-electron chi connectivity index (χ2n) is 5.64. The lowest BCUT2D eigenvalue weighted by atomic mass is 9.88. The van der Waals surface area contributed by atoms with Crippen molar-refractivity contribution in [3.8, 4) is 0 Å². The molecule has 19 heavy (non-hydrogen) atoms. The summed E-state index contributed by atoms with van der Waals surface area (Å²) in [6.45, 7) is 7.40. The molecule has 1 rings (SSSR count). The zero-order valence-corrected chi connectivity index (χ0v) is 14.0. The molecular formula is C15H24BrFN2. The maximum Gasteiger partial charge on any atom is 0.124 e. The summed E-state index contributed by atoms with van der Waals surface area (Å²) in [7, 11) is 4.15. The van der Waals surface area contributed by atoms with Crippen molar-refractivity contribution in [2.45, 2.75) is 38.8 Å². The largest absolute Gasteiger partial charge is 0.312 e. The summed E-state index contributed by atoms with van der Waals surface area (Å²) in [6, 6.07) is 5.35. The highest BCUT2D eigenvalue weighted by Gasteiger charge is 2.31. The molecule has 4 heteroatoms. The fourth-order valence-corrected chi connectivity index (χ4v) is 2.61. The Morgan fingerprint density at radius 1 is 1.32 bits per heavy atom. The SMILES string of the molecule is CCNC(Cc1cc(F)cc(Br)c1)C(C)(C)N(C)C. The van der Waals surface area contributed by atoms with Crippen LogP contribution in [0.1, 0.15) is 26.3 Å². The molecule has 0 aromatic heterocycles. The molecule has 1 N–H and O–H groups in total. The van der Waals surface area contributed by atoms with E-state index in [1.807, 2.05) is 6.07 Å². The number of halogens is 2. The molecular weight excluding hydrogens is 307 g/mol. The average molecular weight is 331 g/mol. The second-order valence-corrected chi connectivity index (χ2v) is 6.56. The molecule has 0 aliphatic carbocycles. The van der Waals surface area contributed by atoms with Crippen molar-refractivity contribution in [2.75, 3.05) is 20.6 Å². The maximum atomic E-state index is 13.5. The molecule has 2 nitrogen and oxygen atoms in total. The fourth-order valence-electron chi connectivity index (χ4n) is 2.09. The van der Waals surface area contributed by atoms with E-state index in [1.165, 1.54) is 6.07 Å². The Bertz CT molecular complexity index is 398. The molecule has 0 spiro atoms. The second kappa shape index (κ2) is 6.82. The van der Waals surface area contributed by atoms with Crippen LogP contribution in [0.5, 0.6) is 0 Å². The first-order chi connectivity index (χ1) is 8.77. The normalized spacial score (nSPS) is 13.9. The van der Waals surface area contributed by atoms with Gasteiger partial charge in [-0.05, 0) is 64.7 Å². The first kappa shape index (κ1) is 16.6. The Hall–Kier alpha value is -0.450. The van der Waals surface area contributed by atoms with E-state index in [-0.39, 0.29) is 17.4 Å². The molecule has 0 bridgehead atoms. The summed E-state index contributed by atoms with van der Waals surface area (Å²) in [5.74, 6) is -0.192. The Morgan fingerprint density at radius 3 is 2.42 bits per heavy atom. The van der Waals surface area contributed by atoms with E-state index in [4.69, 9.17) is 0 Å². The maximum absolute atomic E-state index is 13.5. The zero-order valence-electron chi connectivity index (χ0n) is 12.4. The summed E-state index contributed by atoms with van der Waals surface area (Å²) in [4.78, 5) is 2.20. The van der Waals surface area contributed by atoms with Crippen LogP contribution in [0.2, 0.25) is 0 Å². The third-order valence-corrected chi connectivity index (χ3v) is 4.28. The lowest BCUT2D eigenvalue weighted by Gasteiger charge is -2.40. The Morgan fingerprint density at radius 2 is 1.95 bits per heavy atom. The van der Waals surface area contributed by atoms with Crippen molar-refractivity contribution >= 4 is 15.9 Å². The summed E-state index contributed by atoms with van der Waals surface area (Å²) in [5.41, 5.74) is 1.00. The van der Waals surface area contributed by atoms with E-state index in [0.717, 1.165) is 23.0 Å². The van der Waals surface area contributed by atoms with Gasteiger partial charge in [-0.1, -0.05) is 22.9 Å². The molecule has 1 unspecified atom stereocenters. The standard InChI is InChI=1S/C15H24BrFN2/c1-6-18-14(15(2,3)19(4)5)9-11-7-12(16)10-13(17)8-11/h7-8,10,14,18H,6,9H2,1-5H3. The summed E-state index contributed by atoms with van der Waals surface area (Å²) < 4.78 is 14.3. The lowest BCUT2D eigenvalue weighted by Crippen LogP contribution is -2.56. The smallest absolute Gasteiger partial charge is 0.124 e. The first-order valence-electron chi connectivity index (χ1n) is 6.63. The Balaban J connectivity index is 2.95. The van der Waals surface area contributed by atoms with Crippen LogP contribution in [0.4, 0.5) is 4.39 Å². The van der Waals surface area contributed by atoms with Gasteiger partial charge in [-0.3, -0.25) is 0 Å². The minimum atomic E-state index is -0.192. The van der Waals surface area contributed by atoms with Crippen LogP contribution in [-0.4, -0.2) is 37.1 Å². The molecule has 0 amide bonds. The highest BCUT2D eigenvalue weighted by molar-refractivity contribution is 9.10. The molecule has 0 aliphatic heterocycles. The molecule has 0 saturated carbocycles. The molecule has 1 aromatic rings. The molecule has 1 atom stereocenters. The lowest BCUT2D eigenvalue weighted by molar-refractivity contribution is 0.138. The molecule has 0 heterocycles. The Labute approximate surface area is 124 Å². The van der Waals surface area contributed by atoms with Gasteiger partial charge in [0.1, 0.15) is 5.82 Å². The predicted octanol–water partition coefficient (Wildman–Crippen LogP) is 3.45. The minimum absolute atomic E-state index is 0.00515. The monoisotopic (exact) mass is 330 g/mol. The number of hydrogen-bond acceptors (Lipinski definition) is 2. The van der Waals surface area contributed by atoms with Gasteiger partial charge in [-0.15, -0.1) is 0 Å². The summed E-state index contributed by atoms with van der Waals surface area (Å²) in [6.07, 6.45) is 0.801. The van der Waals surface area contributed by atoms with Crippen LogP contribution < -0.4 is 5.32 Å². The van der Waals surface area contributed by atoms with E-state index in [2.05, 4.69) is 61.0 Å². The quantitative estimate of drug-likeness (QED) is 0.859. The van der Waals surface area contributed by atoms with Gasteiger partial charge < -0.3 is 10.2 Å². The molecule has 0 fully saturated rings. The van der Waals surface area contributed by atoms with E-state index in [0.29, 0.717) is 0 Å². The van der Waals surface area contributed by atoms with Crippen LogP contribution >= 0.6 is 15.9 Å². The number of rotatable bonds is 6. The molecule has 0 aliphatic rings. The van der Waals surface area contributed by atoms with Crippen molar-refractivity contribution in [3.05, 3.63) is 34.1 Å². The van der Waals surface area contributed by atoms with Gasteiger partial charge in [-0.2, -0.15) is 0 Å². The van der Waals surface area contributed by atoms with Gasteiger partial charge in [0.15, 0.2) is 0 Å². The molecule has 1 aromatic carbocycles. The van der Waals surface area contributed by atoms with E-state index in [9.17, 15) is 4.39 Å². The number of likely N-dealkylation sites (N-methyl/N-ethyl adjacent to an activating group) is 2. The third-order valence-electron chi connectivity index (χ3n) is 3.82. The number of nitrogens with zero attached hydrogens (tertiary/aromatic N) is 1. The van der Waals surface area contributed by atoms with E-state index in [1.54, 1.807) is 6.07 Å². The first-order valence-corrected chi connectivity index (χ1v) is 7.42. The van der Waals surface area contributed by atoms with Crippen LogP contribution in [-0.2, 0) is 6.42 Å². The van der Waals surface area contributed by atoms with Crippen LogP contribution in [0.25, 0.3) is 0 Å². The summed E-state index contributed by atoms with van der Waals surface area (Å²) >= 11 is 3.35. The summed E-state index contributed by atoms with van der Waals surface area (Å²) in [5, 5.41) is 3.51. The topological polar surface area (TPSA) is 15.3 Å². The van der Waals surface area contributed by atoms with Gasteiger partial charge in [-0.25, -0.2) is 4.39 Å². The van der Waals surface area contributed by atoms with E-state index < -0.39 is 0 Å². The number of hydrogen-bond donors (Lipinski definition) is 1. The molecule has 0 saturated heterocycles. The van der Waals surface area contributed by atoms with Gasteiger partial charge in [0.25, 0.3) is 0 Å². The van der Waals surface area contributed by atoms with Gasteiger partial charge >= 0.3 is 0 Å². The van der Waals surface area contributed by atoms with Crippen LogP contribution in [0, 0.1) is 5.82 Å². The van der Waals surface area contributed by atoms with Crippen LogP contribution in [0.3, 0.4) is 0 Å². The van der Waals surface area contributed by atoms with Crippen molar-refractivity contribution < 1.29 is 4.39 Å². The molecule has 108 valence electrons. The van der Waals surface area contributed by atoms with E-state index >= 15 is 0 Å². The van der Waals surface area contributed by atoms with Crippen molar-refractivity contribution in [1.82, 2.24) is 10.2 Å². The zero-order chi connectivity index (χ0) is 14.6. The average Bonchev–Trinajstić information content (AvgIpc) is 2.26. The fraction of sp³-hybridized carbons (Fsp3) is 0.600. The molecule has 0 radical (unpaired) electrons. The van der Waals surface area contributed by atoms with Crippen molar-refractivity contribution in [2.24, 2.45) is 0 Å². The predicted molar refractivity (Wildman–Crippen MR) is 83.0 cm³/mol. The van der Waals surface area contributed by atoms with Crippen molar-refractivity contribution in [1.29, 1.82) is 0 Å². The van der Waals surface area contributed by atoms with Gasteiger partial charge in [0.2, 0.25) is 0 Å².